The van der Waals surface area contributed by atoms with Crippen LogP contribution in [0.1, 0.15) is 18.7 Å². The van der Waals surface area contributed by atoms with Gasteiger partial charge in [-0.05, 0) is 19.1 Å². The average Bonchev–Trinajstić information content (AvgIpc) is 2.36. The van der Waals surface area contributed by atoms with E-state index in [1.807, 2.05) is 0 Å². The lowest BCUT2D eigenvalue weighted by molar-refractivity contribution is 0.153. The summed E-state index contributed by atoms with van der Waals surface area (Å²) in [6.07, 6.45) is 0.976. The van der Waals surface area contributed by atoms with E-state index in [0.29, 0.717) is 5.76 Å². The molecular formula is C7H11NO2. The summed E-state index contributed by atoms with van der Waals surface area (Å²) >= 11 is 0. The van der Waals surface area contributed by atoms with Gasteiger partial charge in [-0.3, -0.25) is 0 Å². The van der Waals surface area contributed by atoms with E-state index in [2.05, 4.69) is 0 Å². The third-order valence-corrected chi connectivity index (χ3v) is 1.39. The summed E-state index contributed by atoms with van der Waals surface area (Å²) in [5, 5.41) is 9.01. The molecule has 3 heteroatoms. The number of aliphatic hydroxyl groups excluding tert-OH is 1. The van der Waals surface area contributed by atoms with Crippen LogP contribution in [-0.2, 0) is 0 Å². The SMILES string of the molecule is CC(O)[C@H](N)c1ccco1. The third-order valence-electron chi connectivity index (χ3n) is 1.39. The molecule has 0 spiro atoms. The van der Waals surface area contributed by atoms with Crippen molar-refractivity contribution in [3.8, 4) is 0 Å². The van der Waals surface area contributed by atoms with Crippen molar-refractivity contribution < 1.29 is 9.52 Å². The van der Waals surface area contributed by atoms with Gasteiger partial charge in [-0.1, -0.05) is 0 Å². The fraction of sp³-hybridized carbons (Fsp3) is 0.429. The zero-order valence-corrected chi connectivity index (χ0v) is 5.82. The van der Waals surface area contributed by atoms with Gasteiger partial charge in [0.05, 0.1) is 18.4 Å². The Balaban J connectivity index is 2.68. The minimum Gasteiger partial charge on any atom is -0.468 e. The molecule has 0 amide bonds. The highest BCUT2D eigenvalue weighted by Crippen LogP contribution is 2.13. The zero-order chi connectivity index (χ0) is 7.56. The first-order chi connectivity index (χ1) is 4.72. The highest BCUT2D eigenvalue weighted by molar-refractivity contribution is 5.04. The molecule has 0 fully saturated rings. The van der Waals surface area contributed by atoms with Gasteiger partial charge in [0.1, 0.15) is 5.76 Å². The Hall–Kier alpha value is -0.800. The van der Waals surface area contributed by atoms with Gasteiger partial charge in [0, 0.05) is 0 Å². The molecule has 3 nitrogen and oxygen atoms in total. The molecule has 1 unspecified atom stereocenters. The fourth-order valence-electron chi connectivity index (χ4n) is 0.719. The van der Waals surface area contributed by atoms with E-state index in [-0.39, 0.29) is 0 Å². The normalized spacial score (nSPS) is 16.7. The lowest BCUT2D eigenvalue weighted by Gasteiger charge is -2.10. The van der Waals surface area contributed by atoms with Crippen molar-refractivity contribution in [3.05, 3.63) is 24.2 Å². The van der Waals surface area contributed by atoms with E-state index in [4.69, 9.17) is 15.3 Å². The Kier molecular flexibility index (Phi) is 2.09. The van der Waals surface area contributed by atoms with Crippen molar-refractivity contribution in [2.24, 2.45) is 5.73 Å². The highest BCUT2D eigenvalue weighted by Gasteiger charge is 2.13. The molecule has 3 N–H and O–H groups in total. The van der Waals surface area contributed by atoms with Gasteiger partial charge in [-0.2, -0.15) is 0 Å². The van der Waals surface area contributed by atoms with Crippen molar-refractivity contribution in [1.29, 1.82) is 0 Å². The van der Waals surface area contributed by atoms with Crippen LogP contribution in [-0.4, -0.2) is 11.2 Å². The number of hydrogen-bond donors (Lipinski definition) is 2. The number of hydrogen-bond acceptors (Lipinski definition) is 3. The molecule has 0 bridgehead atoms. The predicted octanol–water partition coefficient (Wildman–Crippen LogP) is 0.660. The van der Waals surface area contributed by atoms with Gasteiger partial charge >= 0.3 is 0 Å². The molecule has 0 aliphatic rings. The molecule has 10 heavy (non-hydrogen) atoms. The Labute approximate surface area is 59.5 Å². The Morgan fingerprint density at radius 1 is 1.70 bits per heavy atom. The third kappa shape index (κ3) is 1.37. The van der Waals surface area contributed by atoms with Crippen molar-refractivity contribution in [2.45, 2.75) is 19.1 Å². The molecule has 0 saturated carbocycles. The molecule has 0 radical (unpaired) electrons. The number of furan rings is 1. The van der Waals surface area contributed by atoms with Gasteiger partial charge in [-0.15, -0.1) is 0 Å². The topological polar surface area (TPSA) is 59.4 Å². The summed E-state index contributed by atoms with van der Waals surface area (Å²) in [6.45, 7) is 1.63. The van der Waals surface area contributed by atoms with Crippen LogP contribution in [0.2, 0.25) is 0 Å². The van der Waals surface area contributed by atoms with E-state index >= 15 is 0 Å². The number of nitrogens with two attached hydrogens (primary N) is 1. The van der Waals surface area contributed by atoms with Crippen LogP contribution in [0.4, 0.5) is 0 Å². The summed E-state index contributed by atoms with van der Waals surface area (Å²) < 4.78 is 4.97. The van der Waals surface area contributed by atoms with Crippen LogP contribution in [0.25, 0.3) is 0 Å². The van der Waals surface area contributed by atoms with E-state index < -0.39 is 12.1 Å². The number of rotatable bonds is 2. The van der Waals surface area contributed by atoms with Gasteiger partial charge in [0.25, 0.3) is 0 Å². The molecule has 2 atom stereocenters. The fourth-order valence-corrected chi connectivity index (χ4v) is 0.719. The molecule has 1 aromatic heterocycles. The van der Waals surface area contributed by atoms with Crippen LogP contribution in [0.5, 0.6) is 0 Å². The predicted molar refractivity (Wildman–Crippen MR) is 37.3 cm³/mol. The Bertz CT molecular complexity index is 181. The van der Waals surface area contributed by atoms with E-state index in [1.165, 1.54) is 6.26 Å². The number of aliphatic hydroxyl groups is 1. The van der Waals surface area contributed by atoms with Crippen molar-refractivity contribution in [1.82, 2.24) is 0 Å². The van der Waals surface area contributed by atoms with Gasteiger partial charge < -0.3 is 15.3 Å². The van der Waals surface area contributed by atoms with Gasteiger partial charge in [-0.25, -0.2) is 0 Å². The van der Waals surface area contributed by atoms with Crippen molar-refractivity contribution >= 4 is 0 Å². The van der Waals surface area contributed by atoms with Gasteiger partial charge in [0.15, 0.2) is 0 Å². The average molecular weight is 141 g/mol. The summed E-state index contributed by atoms with van der Waals surface area (Å²) in [7, 11) is 0. The second kappa shape index (κ2) is 2.86. The van der Waals surface area contributed by atoms with Crippen LogP contribution >= 0.6 is 0 Å². The van der Waals surface area contributed by atoms with Crippen LogP contribution < -0.4 is 5.73 Å². The molecule has 0 aliphatic carbocycles. The monoisotopic (exact) mass is 141 g/mol. The van der Waals surface area contributed by atoms with E-state index in [0.717, 1.165) is 0 Å². The molecule has 0 aromatic carbocycles. The van der Waals surface area contributed by atoms with Crippen molar-refractivity contribution in [2.75, 3.05) is 0 Å². The molecule has 0 aliphatic heterocycles. The van der Waals surface area contributed by atoms with Crippen LogP contribution in [0, 0.1) is 0 Å². The maximum Gasteiger partial charge on any atom is 0.123 e. The Morgan fingerprint density at radius 2 is 2.40 bits per heavy atom. The maximum absolute atomic E-state index is 9.01. The smallest absolute Gasteiger partial charge is 0.123 e. The molecule has 1 rings (SSSR count). The quantitative estimate of drug-likeness (QED) is 0.636. The first-order valence-corrected chi connectivity index (χ1v) is 3.19. The standard InChI is InChI=1S/C7H11NO2/c1-5(9)7(8)6-3-2-4-10-6/h2-5,7,9H,8H2,1H3/t5?,7-/m0/s1. The molecular weight excluding hydrogens is 130 g/mol. The summed E-state index contributed by atoms with van der Waals surface area (Å²) in [5.74, 6) is 0.620. The van der Waals surface area contributed by atoms with Crippen LogP contribution in [0.3, 0.4) is 0 Å². The molecule has 1 heterocycles. The minimum absolute atomic E-state index is 0.407. The Morgan fingerprint density at radius 3 is 2.80 bits per heavy atom. The zero-order valence-electron chi connectivity index (χ0n) is 5.82. The minimum atomic E-state index is -0.564. The largest absolute Gasteiger partial charge is 0.468 e. The lowest BCUT2D eigenvalue weighted by atomic mass is 10.1. The lowest BCUT2D eigenvalue weighted by Crippen LogP contribution is -2.22. The van der Waals surface area contributed by atoms with E-state index in [1.54, 1.807) is 19.1 Å². The summed E-state index contributed by atoms with van der Waals surface area (Å²) in [4.78, 5) is 0. The molecule has 56 valence electrons. The van der Waals surface area contributed by atoms with Crippen molar-refractivity contribution in [3.63, 3.8) is 0 Å². The first-order valence-electron chi connectivity index (χ1n) is 3.19. The molecule has 0 saturated heterocycles. The van der Waals surface area contributed by atoms with Gasteiger partial charge in [0.2, 0.25) is 0 Å². The second-order valence-electron chi connectivity index (χ2n) is 2.28. The first kappa shape index (κ1) is 7.31. The summed E-state index contributed by atoms with van der Waals surface area (Å²) in [5.41, 5.74) is 5.54. The highest BCUT2D eigenvalue weighted by atomic mass is 16.3. The summed E-state index contributed by atoms with van der Waals surface area (Å²) in [6, 6.07) is 3.09. The van der Waals surface area contributed by atoms with Crippen LogP contribution in [0.15, 0.2) is 22.8 Å². The molecule has 1 aromatic rings. The second-order valence-corrected chi connectivity index (χ2v) is 2.28. The van der Waals surface area contributed by atoms with E-state index in [9.17, 15) is 0 Å². The maximum atomic E-state index is 9.01.